The Morgan fingerprint density at radius 1 is 1.32 bits per heavy atom. The van der Waals surface area contributed by atoms with Crippen LogP contribution in [0.2, 0.25) is 0 Å². The van der Waals surface area contributed by atoms with E-state index in [-0.39, 0.29) is 40.2 Å². The molecular weight excluding hydrogens is 436 g/mol. The van der Waals surface area contributed by atoms with Gasteiger partial charge in [-0.15, -0.1) is 0 Å². The Labute approximate surface area is 169 Å². The van der Waals surface area contributed by atoms with E-state index in [0.29, 0.717) is 31.9 Å². The highest BCUT2D eigenvalue weighted by atomic mass is 79.9. The fraction of sp³-hybridized carbons (Fsp3) is 0.474. The average molecular weight is 458 g/mol. The van der Waals surface area contributed by atoms with Crippen molar-refractivity contribution in [3.63, 3.8) is 0 Å². The van der Waals surface area contributed by atoms with Gasteiger partial charge in [0.1, 0.15) is 22.7 Å². The van der Waals surface area contributed by atoms with Gasteiger partial charge in [0.2, 0.25) is 11.8 Å². The summed E-state index contributed by atoms with van der Waals surface area (Å²) in [5.74, 6) is -0.900. The fourth-order valence-electron chi connectivity index (χ4n) is 3.12. The molecule has 0 amide bonds. The van der Waals surface area contributed by atoms with E-state index in [9.17, 15) is 18.7 Å². The molecule has 9 heteroatoms. The first-order chi connectivity index (χ1) is 13.3. The molecular formula is C19H22BrF2N3O3. The fourth-order valence-corrected chi connectivity index (χ4v) is 3.51. The number of aliphatic hydroxyl groups excluding tert-OH is 1. The van der Waals surface area contributed by atoms with Crippen molar-refractivity contribution >= 4 is 21.9 Å². The number of benzene rings is 1. The predicted octanol–water partition coefficient (Wildman–Crippen LogP) is 3.41. The normalized spacial score (nSPS) is 15.3. The number of hydrogen-bond acceptors (Lipinski definition) is 5. The number of anilines is 1. The largest absolute Gasteiger partial charge is 0.472 e. The number of piperidine rings is 1. The Morgan fingerprint density at radius 2 is 2.00 bits per heavy atom. The highest BCUT2D eigenvalue weighted by Gasteiger charge is 2.25. The lowest BCUT2D eigenvalue weighted by Gasteiger charge is -2.33. The third-order valence-corrected chi connectivity index (χ3v) is 5.33. The van der Waals surface area contributed by atoms with Crippen LogP contribution in [0.3, 0.4) is 0 Å². The molecule has 2 aromatic rings. The number of aliphatic hydroxyl groups is 1. The minimum absolute atomic E-state index is 0.0479. The molecule has 28 heavy (non-hydrogen) atoms. The van der Waals surface area contributed by atoms with Crippen molar-refractivity contribution in [1.82, 2.24) is 9.55 Å². The molecule has 2 heterocycles. The van der Waals surface area contributed by atoms with Crippen LogP contribution in [0, 0.1) is 11.6 Å². The smallest absolute Gasteiger partial charge is 0.273 e. The second kappa shape index (κ2) is 8.57. The first-order valence-corrected chi connectivity index (χ1v) is 9.89. The monoisotopic (exact) mass is 457 g/mol. The summed E-state index contributed by atoms with van der Waals surface area (Å²) >= 11 is 3.24. The number of aromatic nitrogens is 2. The van der Waals surface area contributed by atoms with E-state index in [1.807, 2.05) is 18.7 Å². The summed E-state index contributed by atoms with van der Waals surface area (Å²) in [6.07, 6.45) is 0.810. The zero-order valence-corrected chi connectivity index (χ0v) is 17.2. The molecule has 3 rings (SSSR count). The van der Waals surface area contributed by atoms with Crippen LogP contribution < -0.4 is 15.2 Å². The molecule has 1 aromatic heterocycles. The third kappa shape index (κ3) is 4.35. The number of hydrogen-bond donors (Lipinski definition) is 1. The summed E-state index contributed by atoms with van der Waals surface area (Å²) in [4.78, 5) is 19.3. The van der Waals surface area contributed by atoms with Crippen LogP contribution in [0.4, 0.5) is 14.7 Å². The highest BCUT2D eigenvalue weighted by Crippen LogP contribution is 2.27. The Hall–Kier alpha value is -2.00. The first-order valence-electron chi connectivity index (χ1n) is 9.09. The van der Waals surface area contributed by atoms with Gasteiger partial charge in [-0.1, -0.05) is 0 Å². The SMILES string of the molecule is CC(C)n1c(N2CCC(O)CC2)nc(OCc2ccc(F)cc2F)c(Br)c1=O. The van der Waals surface area contributed by atoms with Gasteiger partial charge < -0.3 is 14.7 Å². The van der Waals surface area contributed by atoms with E-state index in [4.69, 9.17) is 4.74 Å². The maximum absolute atomic E-state index is 13.9. The third-order valence-electron chi connectivity index (χ3n) is 4.65. The molecule has 0 aliphatic carbocycles. The van der Waals surface area contributed by atoms with E-state index in [1.165, 1.54) is 6.07 Å². The van der Waals surface area contributed by atoms with E-state index >= 15 is 0 Å². The van der Waals surface area contributed by atoms with Crippen LogP contribution in [0.15, 0.2) is 27.5 Å². The van der Waals surface area contributed by atoms with Gasteiger partial charge in [-0.3, -0.25) is 9.36 Å². The van der Waals surface area contributed by atoms with Crippen LogP contribution in [-0.2, 0) is 6.61 Å². The quantitative estimate of drug-likeness (QED) is 0.744. The summed E-state index contributed by atoms with van der Waals surface area (Å²) in [6.45, 7) is 4.70. The molecule has 1 saturated heterocycles. The van der Waals surface area contributed by atoms with Gasteiger partial charge in [0.25, 0.3) is 5.56 Å². The van der Waals surface area contributed by atoms with Crippen LogP contribution >= 0.6 is 15.9 Å². The van der Waals surface area contributed by atoms with Gasteiger partial charge in [-0.05, 0) is 54.8 Å². The Balaban J connectivity index is 1.94. The summed E-state index contributed by atoms with van der Waals surface area (Å²) in [6, 6.07) is 3.08. The summed E-state index contributed by atoms with van der Waals surface area (Å²) in [5.41, 5.74) is -0.147. The second-order valence-electron chi connectivity index (χ2n) is 7.04. The highest BCUT2D eigenvalue weighted by molar-refractivity contribution is 9.10. The lowest BCUT2D eigenvalue weighted by molar-refractivity contribution is 0.144. The molecule has 0 saturated carbocycles. The number of nitrogens with zero attached hydrogens (tertiary/aromatic N) is 3. The van der Waals surface area contributed by atoms with Crippen molar-refractivity contribution < 1.29 is 18.6 Å². The zero-order valence-electron chi connectivity index (χ0n) is 15.7. The van der Waals surface area contributed by atoms with Crippen molar-refractivity contribution in [2.24, 2.45) is 0 Å². The van der Waals surface area contributed by atoms with E-state index in [0.717, 1.165) is 12.1 Å². The minimum atomic E-state index is -0.725. The van der Waals surface area contributed by atoms with Gasteiger partial charge in [0.05, 0.1) is 6.10 Å². The van der Waals surface area contributed by atoms with Crippen molar-refractivity contribution in [1.29, 1.82) is 0 Å². The number of rotatable bonds is 5. The van der Waals surface area contributed by atoms with Crippen LogP contribution in [0.5, 0.6) is 5.88 Å². The van der Waals surface area contributed by atoms with Crippen LogP contribution in [0.25, 0.3) is 0 Å². The Bertz CT molecular complexity index is 912. The molecule has 1 N–H and O–H groups in total. The van der Waals surface area contributed by atoms with Gasteiger partial charge in [-0.25, -0.2) is 8.78 Å². The molecule has 1 aliphatic heterocycles. The molecule has 6 nitrogen and oxygen atoms in total. The van der Waals surface area contributed by atoms with Gasteiger partial charge in [0.15, 0.2) is 0 Å². The molecule has 0 atom stereocenters. The van der Waals surface area contributed by atoms with Crippen molar-refractivity contribution in [2.45, 2.75) is 45.4 Å². The minimum Gasteiger partial charge on any atom is -0.472 e. The van der Waals surface area contributed by atoms with E-state index < -0.39 is 11.6 Å². The number of ether oxygens (including phenoxy) is 1. The molecule has 1 aromatic carbocycles. The lowest BCUT2D eigenvalue weighted by Crippen LogP contribution is -2.40. The molecule has 0 bridgehead atoms. The zero-order chi connectivity index (χ0) is 20.4. The maximum atomic E-state index is 13.9. The molecule has 0 spiro atoms. The van der Waals surface area contributed by atoms with Gasteiger partial charge >= 0.3 is 0 Å². The van der Waals surface area contributed by atoms with Gasteiger partial charge in [-0.2, -0.15) is 4.98 Å². The molecule has 0 unspecified atom stereocenters. The molecule has 1 fully saturated rings. The van der Waals surface area contributed by atoms with Gasteiger partial charge in [0, 0.05) is 30.8 Å². The average Bonchev–Trinajstić information content (AvgIpc) is 2.64. The summed E-state index contributed by atoms with van der Waals surface area (Å²) in [5, 5.41) is 9.75. The second-order valence-corrected chi connectivity index (χ2v) is 7.84. The summed E-state index contributed by atoms with van der Waals surface area (Å²) < 4.78 is 34.2. The predicted molar refractivity (Wildman–Crippen MR) is 105 cm³/mol. The first kappa shape index (κ1) is 20.7. The van der Waals surface area contributed by atoms with Crippen LogP contribution in [-0.4, -0.2) is 33.9 Å². The standard InChI is InChI=1S/C19H22BrF2N3O3/c1-11(2)25-18(27)16(20)17(23-19(25)24-7-5-14(26)6-8-24)28-10-12-3-4-13(21)9-15(12)22/h3-4,9,11,14,26H,5-8,10H2,1-2H3. The topological polar surface area (TPSA) is 67.6 Å². The van der Waals surface area contributed by atoms with E-state index in [2.05, 4.69) is 20.9 Å². The maximum Gasteiger partial charge on any atom is 0.273 e. The van der Waals surface area contributed by atoms with E-state index in [1.54, 1.807) is 4.57 Å². The lowest BCUT2D eigenvalue weighted by atomic mass is 10.1. The van der Waals surface area contributed by atoms with Crippen molar-refractivity contribution in [3.05, 3.63) is 50.2 Å². The number of halogens is 3. The Kier molecular flexibility index (Phi) is 6.34. The molecule has 1 aliphatic rings. The van der Waals surface area contributed by atoms with Crippen LogP contribution in [0.1, 0.15) is 38.3 Å². The van der Waals surface area contributed by atoms with Crippen molar-refractivity contribution in [3.8, 4) is 5.88 Å². The summed E-state index contributed by atoms with van der Waals surface area (Å²) in [7, 11) is 0. The molecule has 152 valence electrons. The van der Waals surface area contributed by atoms with Crippen molar-refractivity contribution in [2.75, 3.05) is 18.0 Å². The Morgan fingerprint density at radius 3 is 2.61 bits per heavy atom. The molecule has 0 radical (unpaired) electrons.